The summed E-state index contributed by atoms with van der Waals surface area (Å²) in [5, 5.41) is 4.45. The number of imide groups is 2. The molecule has 0 bridgehead atoms. The van der Waals surface area contributed by atoms with Gasteiger partial charge in [-0.05, 0) is 23.8 Å². The third-order valence-corrected chi connectivity index (χ3v) is 6.15. The molecule has 1 fully saturated rings. The van der Waals surface area contributed by atoms with Gasteiger partial charge in [0.25, 0.3) is 11.8 Å². The predicted molar refractivity (Wildman–Crippen MR) is 121 cm³/mol. The van der Waals surface area contributed by atoms with Crippen LogP contribution < -0.4 is 5.32 Å². The molecule has 7 heteroatoms. The standard InChI is InChI=1S/C25H21N3O4/c1-25(2,19-9-6-8-17-16-7-4-5-10-20(16)26-21(17)19)14-11-15(32-13-14)12-18-22(29)27-24(31)28(3)23(18)30/h4-13,26H,1-3H3,(H,27,29,31)/b18-12-. The van der Waals surface area contributed by atoms with Crippen molar-refractivity contribution in [3.8, 4) is 0 Å². The Morgan fingerprint density at radius 2 is 1.75 bits per heavy atom. The zero-order chi connectivity index (χ0) is 22.6. The highest BCUT2D eigenvalue weighted by Gasteiger charge is 2.34. The fourth-order valence-electron chi connectivity index (χ4n) is 4.19. The largest absolute Gasteiger partial charge is 0.465 e. The van der Waals surface area contributed by atoms with Gasteiger partial charge in [-0.2, -0.15) is 0 Å². The van der Waals surface area contributed by atoms with Crippen LogP contribution >= 0.6 is 0 Å². The zero-order valence-electron chi connectivity index (χ0n) is 17.9. The van der Waals surface area contributed by atoms with E-state index in [1.54, 1.807) is 6.26 Å². The number of H-pyrrole nitrogens is 1. The smallest absolute Gasteiger partial charge is 0.331 e. The predicted octanol–water partition coefficient (Wildman–Crippen LogP) is 4.33. The number of barbiturate groups is 1. The molecule has 0 radical (unpaired) electrons. The number of rotatable bonds is 3. The monoisotopic (exact) mass is 427 g/mol. The first-order valence-corrected chi connectivity index (χ1v) is 10.2. The fourth-order valence-corrected chi connectivity index (χ4v) is 4.19. The zero-order valence-corrected chi connectivity index (χ0v) is 17.9. The van der Waals surface area contributed by atoms with Crippen molar-refractivity contribution in [2.24, 2.45) is 0 Å². The summed E-state index contributed by atoms with van der Waals surface area (Å²) in [5.41, 5.74) is 3.55. The molecule has 2 N–H and O–H groups in total. The molecular weight excluding hydrogens is 406 g/mol. The van der Waals surface area contributed by atoms with Crippen molar-refractivity contribution in [1.82, 2.24) is 15.2 Å². The highest BCUT2D eigenvalue weighted by Crippen LogP contribution is 2.38. The summed E-state index contributed by atoms with van der Waals surface area (Å²) in [6.45, 7) is 4.19. The third kappa shape index (κ3) is 2.93. The molecule has 5 rings (SSSR count). The van der Waals surface area contributed by atoms with Crippen molar-refractivity contribution in [1.29, 1.82) is 0 Å². The number of carbonyl (C=O) groups excluding carboxylic acids is 3. The molecule has 4 amide bonds. The summed E-state index contributed by atoms with van der Waals surface area (Å²) in [7, 11) is 1.32. The summed E-state index contributed by atoms with van der Waals surface area (Å²) in [6, 6.07) is 15.5. The number of aromatic amines is 1. The summed E-state index contributed by atoms with van der Waals surface area (Å²) < 4.78 is 5.68. The van der Waals surface area contributed by atoms with E-state index in [0.29, 0.717) is 5.76 Å². The summed E-state index contributed by atoms with van der Waals surface area (Å²) in [4.78, 5) is 40.5. The minimum atomic E-state index is -0.746. The number of likely N-dealkylation sites (N-methyl/N-ethyl adjacent to an activating group) is 1. The maximum Gasteiger partial charge on any atom is 0.331 e. The van der Waals surface area contributed by atoms with Crippen molar-refractivity contribution >= 4 is 45.7 Å². The van der Waals surface area contributed by atoms with Crippen LogP contribution in [0.3, 0.4) is 0 Å². The van der Waals surface area contributed by atoms with Crippen molar-refractivity contribution in [2.75, 3.05) is 7.05 Å². The molecule has 2 aromatic carbocycles. The van der Waals surface area contributed by atoms with Crippen LogP contribution in [0.25, 0.3) is 27.9 Å². The second kappa shape index (κ2) is 6.95. The summed E-state index contributed by atoms with van der Waals surface area (Å²) in [6.07, 6.45) is 3.00. The number of hydrogen-bond acceptors (Lipinski definition) is 4. The van der Waals surface area contributed by atoms with Crippen LogP contribution in [0.1, 0.15) is 30.7 Å². The molecule has 0 unspecified atom stereocenters. The molecule has 7 nitrogen and oxygen atoms in total. The molecule has 3 heterocycles. The Hall–Kier alpha value is -4.13. The number of furan rings is 1. The molecule has 0 saturated carbocycles. The molecule has 32 heavy (non-hydrogen) atoms. The van der Waals surface area contributed by atoms with E-state index < -0.39 is 23.3 Å². The van der Waals surface area contributed by atoms with E-state index in [9.17, 15) is 14.4 Å². The van der Waals surface area contributed by atoms with Crippen molar-refractivity contribution in [3.63, 3.8) is 0 Å². The van der Waals surface area contributed by atoms with Crippen LogP contribution in [0, 0.1) is 0 Å². The lowest BCUT2D eigenvalue weighted by molar-refractivity contribution is -0.129. The Bertz CT molecular complexity index is 1450. The van der Waals surface area contributed by atoms with Gasteiger partial charge in [-0.1, -0.05) is 50.2 Å². The number of para-hydroxylation sites is 2. The Kier molecular flexibility index (Phi) is 4.30. The maximum absolute atomic E-state index is 12.3. The van der Waals surface area contributed by atoms with E-state index >= 15 is 0 Å². The van der Waals surface area contributed by atoms with E-state index in [1.807, 2.05) is 24.3 Å². The third-order valence-electron chi connectivity index (χ3n) is 6.15. The van der Waals surface area contributed by atoms with Gasteiger partial charge >= 0.3 is 6.03 Å². The number of carbonyl (C=O) groups is 3. The number of amides is 4. The van der Waals surface area contributed by atoms with Gasteiger partial charge in [0.05, 0.1) is 11.8 Å². The number of aromatic nitrogens is 1. The number of nitrogens with zero attached hydrogens (tertiary/aromatic N) is 1. The van der Waals surface area contributed by atoms with Gasteiger partial charge in [0, 0.05) is 34.3 Å². The molecule has 0 spiro atoms. The lowest BCUT2D eigenvalue weighted by Gasteiger charge is -2.24. The summed E-state index contributed by atoms with van der Waals surface area (Å²) in [5.74, 6) is -1.05. The van der Waals surface area contributed by atoms with Crippen molar-refractivity contribution in [2.45, 2.75) is 19.3 Å². The molecule has 160 valence electrons. The molecule has 2 aromatic heterocycles. The van der Waals surface area contributed by atoms with E-state index in [2.05, 4.69) is 48.4 Å². The Morgan fingerprint density at radius 3 is 2.56 bits per heavy atom. The van der Waals surface area contributed by atoms with Crippen LogP contribution in [-0.2, 0) is 15.0 Å². The number of fused-ring (bicyclic) bond motifs is 3. The van der Waals surface area contributed by atoms with Gasteiger partial charge < -0.3 is 9.40 Å². The maximum atomic E-state index is 12.3. The van der Waals surface area contributed by atoms with Gasteiger partial charge in [-0.15, -0.1) is 0 Å². The average molecular weight is 427 g/mol. The van der Waals surface area contributed by atoms with Gasteiger partial charge in [-0.3, -0.25) is 19.8 Å². The summed E-state index contributed by atoms with van der Waals surface area (Å²) >= 11 is 0. The minimum absolute atomic E-state index is 0.150. The molecule has 1 aliphatic heterocycles. The topological polar surface area (TPSA) is 95.4 Å². The van der Waals surface area contributed by atoms with Gasteiger partial charge in [-0.25, -0.2) is 4.79 Å². The number of hydrogen-bond donors (Lipinski definition) is 2. The first-order chi connectivity index (χ1) is 15.3. The fraction of sp³-hybridized carbons (Fsp3) is 0.160. The van der Waals surface area contributed by atoms with Crippen LogP contribution in [0.15, 0.2) is 64.8 Å². The van der Waals surface area contributed by atoms with Gasteiger partial charge in [0.1, 0.15) is 11.3 Å². The quantitative estimate of drug-likeness (QED) is 0.376. The van der Waals surface area contributed by atoms with Crippen molar-refractivity contribution < 1.29 is 18.8 Å². The molecule has 1 aliphatic rings. The normalized spacial score (nSPS) is 16.4. The van der Waals surface area contributed by atoms with Crippen LogP contribution in [-0.4, -0.2) is 34.8 Å². The van der Waals surface area contributed by atoms with Gasteiger partial charge in [0.15, 0.2) is 0 Å². The lowest BCUT2D eigenvalue weighted by atomic mass is 9.78. The number of nitrogens with one attached hydrogen (secondary N) is 2. The second-order valence-electron chi connectivity index (χ2n) is 8.44. The number of urea groups is 1. The molecular formula is C25H21N3O4. The van der Waals surface area contributed by atoms with Crippen LogP contribution in [0.4, 0.5) is 4.79 Å². The van der Waals surface area contributed by atoms with Crippen molar-refractivity contribution in [3.05, 3.63) is 77.3 Å². The molecule has 0 aliphatic carbocycles. The van der Waals surface area contributed by atoms with Crippen LogP contribution in [0.5, 0.6) is 0 Å². The molecule has 1 saturated heterocycles. The van der Waals surface area contributed by atoms with E-state index in [4.69, 9.17) is 4.42 Å². The lowest BCUT2D eigenvalue weighted by Crippen LogP contribution is -2.52. The van der Waals surface area contributed by atoms with E-state index in [1.165, 1.54) is 18.5 Å². The van der Waals surface area contributed by atoms with Crippen LogP contribution in [0.2, 0.25) is 0 Å². The highest BCUT2D eigenvalue weighted by molar-refractivity contribution is 6.30. The Labute approximate surface area is 183 Å². The van der Waals surface area contributed by atoms with Gasteiger partial charge in [0.2, 0.25) is 0 Å². The first-order valence-electron chi connectivity index (χ1n) is 10.2. The number of benzene rings is 2. The Balaban J connectivity index is 1.56. The highest BCUT2D eigenvalue weighted by atomic mass is 16.3. The van der Waals surface area contributed by atoms with E-state index in [-0.39, 0.29) is 5.57 Å². The molecule has 0 atom stereocenters. The van der Waals surface area contributed by atoms with E-state index in [0.717, 1.165) is 32.4 Å². The second-order valence-corrected chi connectivity index (χ2v) is 8.44. The first kappa shape index (κ1) is 19.8. The Morgan fingerprint density at radius 1 is 1.00 bits per heavy atom. The average Bonchev–Trinajstić information content (AvgIpc) is 3.40. The SMILES string of the molecule is CN1C(=O)NC(=O)/C(=C/c2cc(C(C)(C)c3cccc4c3[nH]c3ccccc34)co2)C1=O. The molecule has 4 aromatic rings. The minimum Gasteiger partial charge on any atom is -0.465 e.